The fourth-order valence-electron chi connectivity index (χ4n) is 3.66. The first-order valence-electron chi connectivity index (χ1n) is 7.58. The van der Waals surface area contributed by atoms with Crippen LogP contribution < -0.4 is 10.6 Å². The summed E-state index contributed by atoms with van der Waals surface area (Å²) in [5.74, 6) is 0.560. The van der Waals surface area contributed by atoms with Crippen LogP contribution in [0.25, 0.3) is 0 Å². The molecule has 3 atom stereocenters. The summed E-state index contributed by atoms with van der Waals surface area (Å²) in [5.41, 5.74) is 1.05. The van der Waals surface area contributed by atoms with Crippen molar-refractivity contribution in [2.24, 2.45) is 5.92 Å². The zero-order chi connectivity index (χ0) is 13.1. The SMILES string of the molecule is Fc1ccc(NC2CCCCC2C2CCCN2)cc1. The number of hydrogen-bond donors (Lipinski definition) is 2. The molecule has 1 aliphatic carbocycles. The summed E-state index contributed by atoms with van der Waals surface area (Å²) in [4.78, 5) is 0. The van der Waals surface area contributed by atoms with E-state index in [1.165, 1.54) is 57.2 Å². The molecule has 1 aromatic rings. The molecule has 2 aliphatic rings. The summed E-state index contributed by atoms with van der Waals surface area (Å²) >= 11 is 0. The average Bonchev–Trinajstić information content (AvgIpc) is 2.96. The van der Waals surface area contributed by atoms with Crippen LogP contribution >= 0.6 is 0 Å². The van der Waals surface area contributed by atoms with Gasteiger partial charge in [-0.2, -0.15) is 0 Å². The Morgan fingerprint density at radius 2 is 1.79 bits per heavy atom. The Hall–Kier alpha value is -1.09. The molecular formula is C16H23FN2. The first-order chi connectivity index (χ1) is 9.33. The van der Waals surface area contributed by atoms with E-state index in [0.717, 1.165) is 11.6 Å². The van der Waals surface area contributed by atoms with E-state index in [1.807, 2.05) is 12.1 Å². The molecule has 2 N–H and O–H groups in total. The lowest BCUT2D eigenvalue weighted by molar-refractivity contribution is 0.263. The van der Waals surface area contributed by atoms with E-state index in [1.54, 1.807) is 0 Å². The van der Waals surface area contributed by atoms with Crippen LogP contribution in [0, 0.1) is 11.7 Å². The predicted molar refractivity (Wildman–Crippen MR) is 76.8 cm³/mol. The molecule has 0 radical (unpaired) electrons. The van der Waals surface area contributed by atoms with Gasteiger partial charge in [-0.05, 0) is 62.4 Å². The number of rotatable bonds is 3. The van der Waals surface area contributed by atoms with Crippen molar-refractivity contribution in [2.45, 2.75) is 50.6 Å². The molecule has 3 rings (SSSR count). The third kappa shape index (κ3) is 3.08. The molecule has 3 unspecified atom stereocenters. The zero-order valence-corrected chi connectivity index (χ0v) is 11.4. The van der Waals surface area contributed by atoms with E-state index in [2.05, 4.69) is 10.6 Å². The number of nitrogens with one attached hydrogen (secondary N) is 2. The van der Waals surface area contributed by atoms with Crippen molar-refractivity contribution >= 4 is 5.69 Å². The molecule has 1 heterocycles. The number of halogens is 1. The molecular weight excluding hydrogens is 239 g/mol. The van der Waals surface area contributed by atoms with Gasteiger partial charge in [0.1, 0.15) is 5.82 Å². The minimum absolute atomic E-state index is 0.164. The van der Waals surface area contributed by atoms with Gasteiger partial charge >= 0.3 is 0 Å². The maximum atomic E-state index is 12.9. The second-order valence-corrected chi connectivity index (χ2v) is 5.91. The quantitative estimate of drug-likeness (QED) is 0.870. The van der Waals surface area contributed by atoms with Crippen LogP contribution in [0.4, 0.5) is 10.1 Å². The molecule has 1 saturated carbocycles. The maximum Gasteiger partial charge on any atom is 0.123 e. The lowest BCUT2D eigenvalue weighted by atomic mass is 9.79. The molecule has 0 amide bonds. The van der Waals surface area contributed by atoms with Crippen molar-refractivity contribution in [3.63, 3.8) is 0 Å². The van der Waals surface area contributed by atoms with Crippen molar-refractivity contribution < 1.29 is 4.39 Å². The Morgan fingerprint density at radius 1 is 1.00 bits per heavy atom. The average molecular weight is 262 g/mol. The third-order valence-electron chi connectivity index (χ3n) is 4.63. The minimum Gasteiger partial charge on any atom is -0.382 e. The van der Waals surface area contributed by atoms with Crippen molar-refractivity contribution in [3.05, 3.63) is 30.1 Å². The fourth-order valence-corrected chi connectivity index (χ4v) is 3.66. The predicted octanol–water partition coefficient (Wildman–Crippen LogP) is 3.55. The second-order valence-electron chi connectivity index (χ2n) is 5.91. The molecule has 0 aromatic heterocycles. The summed E-state index contributed by atoms with van der Waals surface area (Å²) in [6.07, 6.45) is 7.83. The first kappa shape index (κ1) is 12.9. The lowest BCUT2D eigenvalue weighted by Crippen LogP contribution is -2.43. The highest BCUT2D eigenvalue weighted by Crippen LogP contribution is 2.32. The van der Waals surface area contributed by atoms with Gasteiger partial charge in [0.05, 0.1) is 0 Å². The Kier molecular flexibility index (Phi) is 4.02. The highest BCUT2D eigenvalue weighted by molar-refractivity contribution is 5.44. The van der Waals surface area contributed by atoms with Gasteiger partial charge in [-0.15, -0.1) is 0 Å². The summed E-state index contributed by atoms with van der Waals surface area (Å²) in [7, 11) is 0. The Morgan fingerprint density at radius 3 is 2.53 bits per heavy atom. The van der Waals surface area contributed by atoms with Gasteiger partial charge in [0, 0.05) is 17.8 Å². The van der Waals surface area contributed by atoms with E-state index in [-0.39, 0.29) is 5.82 Å². The van der Waals surface area contributed by atoms with Gasteiger partial charge in [-0.3, -0.25) is 0 Å². The first-order valence-corrected chi connectivity index (χ1v) is 7.58. The van der Waals surface area contributed by atoms with Crippen LogP contribution in [0.5, 0.6) is 0 Å². The number of hydrogen-bond acceptors (Lipinski definition) is 2. The molecule has 104 valence electrons. The van der Waals surface area contributed by atoms with Crippen LogP contribution in [-0.2, 0) is 0 Å². The topological polar surface area (TPSA) is 24.1 Å². The van der Waals surface area contributed by atoms with Gasteiger partial charge in [0.15, 0.2) is 0 Å². The molecule has 2 fully saturated rings. The molecule has 1 aliphatic heterocycles. The van der Waals surface area contributed by atoms with E-state index < -0.39 is 0 Å². The summed E-state index contributed by atoms with van der Waals surface area (Å²) < 4.78 is 12.9. The van der Waals surface area contributed by atoms with Gasteiger partial charge in [-0.1, -0.05) is 12.8 Å². The Bertz CT molecular complexity index is 398. The maximum absolute atomic E-state index is 12.9. The van der Waals surface area contributed by atoms with E-state index in [9.17, 15) is 4.39 Å². The third-order valence-corrected chi connectivity index (χ3v) is 4.63. The van der Waals surface area contributed by atoms with Gasteiger partial charge in [0.2, 0.25) is 0 Å². The zero-order valence-electron chi connectivity index (χ0n) is 11.4. The summed E-state index contributed by atoms with van der Waals surface area (Å²) in [5, 5.41) is 7.28. The monoisotopic (exact) mass is 262 g/mol. The highest BCUT2D eigenvalue weighted by Gasteiger charge is 2.33. The van der Waals surface area contributed by atoms with Crippen LogP contribution in [0.2, 0.25) is 0 Å². The molecule has 19 heavy (non-hydrogen) atoms. The number of anilines is 1. The Labute approximate surface area is 114 Å². The molecule has 0 spiro atoms. The van der Waals surface area contributed by atoms with Crippen LogP contribution in [0.15, 0.2) is 24.3 Å². The lowest BCUT2D eigenvalue weighted by Gasteiger charge is -2.36. The largest absolute Gasteiger partial charge is 0.382 e. The van der Waals surface area contributed by atoms with Crippen molar-refractivity contribution in [1.82, 2.24) is 5.32 Å². The summed E-state index contributed by atoms with van der Waals surface area (Å²) in [6.45, 7) is 1.17. The van der Waals surface area contributed by atoms with Gasteiger partial charge in [0.25, 0.3) is 0 Å². The Balaban J connectivity index is 1.67. The van der Waals surface area contributed by atoms with Crippen molar-refractivity contribution in [3.8, 4) is 0 Å². The summed E-state index contributed by atoms with van der Waals surface area (Å²) in [6, 6.07) is 7.99. The molecule has 1 aromatic carbocycles. The van der Waals surface area contributed by atoms with E-state index in [4.69, 9.17) is 0 Å². The molecule has 0 bridgehead atoms. The molecule has 1 saturated heterocycles. The van der Waals surface area contributed by atoms with Gasteiger partial charge < -0.3 is 10.6 Å². The number of benzene rings is 1. The van der Waals surface area contributed by atoms with Crippen molar-refractivity contribution in [1.29, 1.82) is 0 Å². The smallest absolute Gasteiger partial charge is 0.123 e. The fraction of sp³-hybridized carbons (Fsp3) is 0.625. The second kappa shape index (κ2) is 5.91. The van der Waals surface area contributed by atoms with Crippen LogP contribution in [0.1, 0.15) is 38.5 Å². The van der Waals surface area contributed by atoms with E-state index >= 15 is 0 Å². The normalized spacial score (nSPS) is 31.3. The minimum atomic E-state index is -0.164. The van der Waals surface area contributed by atoms with E-state index in [0.29, 0.717) is 12.1 Å². The highest BCUT2D eigenvalue weighted by atomic mass is 19.1. The molecule has 2 nitrogen and oxygen atoms in total. The van der Waals surface area contributed by atoms with Crippen molar-refractivity contribution in [2.75, 3.05) is 11.9 Å². The van der Waals surface area contributed by atoms with Crippen LogP contribution in [0.3, 0.4) is 0 Å². The molecule has 3 heteroatoms. The van der Waals surface area contributed by atoms with Gasteiger partial charge in [-0.25, -0.2) is 4.39 Å². The standard InChI is InChI=1S/C16H23FN2/c17-12-7-9-13(10-8-12)19-16-5-2-1-4-14(16)15-6-3-11-18-15/h7-10,14-16,18-19H,1-6,11H2. The van der Waals surface area contributed by atoms with Crippen LogP contribution in [-0.4, -0.2) is 18.6 Å².